The third-order valence-corrected chi connectivity index (χ3v) is 2.75. The third-order valence-electron chi connectivity index (χ3n) is 2.75. The third kappa shape index (κ3) is 3.62. The van der Waals surface area contributed by atoms with E-state index in [0.717, 1.165) is 24.4 Å². The highest BCUT2D eigenvalue weighted by Gasteiger charge is 2.16. The molecule has 0 aromatic heterocycles. The van der Waals surface area contributed by atoms with Crippen molar-refractivity contribution in [2.24, 2.45) is 5.92 Å². The summed E-state index contributed by atoms with van der Waals surface area (Å²) in [6.45, 7) is 6.75. The Balaban J connectivity index is 1.98. The van der Waals surface area contributed by atoms with E-state index >= 15 is 0 Å². The van der Waals surface area contributed by atoms with Crippen molar-refractivity contribution in [1.82, 2.24) is 5.32 Å². The van der Waals surface area contributed by atoms with Crippen LogP contribution in [0.1, 0.15) is 19.4 Å². The number of fused-ring (bicyclic) bond motifs is 1. The lowest BCUT2D eigenvalue weighted by atomic mass is 10.2. The Kier molecular flexibility index (Phi) is 4.44. The van der Waals surface area contributed by atoms with Crippen molar-refractivity contribution < 1.29 is 14.6 Å². The van der Waals surface area contributed by atoms with Crippen molar-refractivity contribution >= 4 is 0 Å². The van der Waals surface area contributed by atoms with Crippen molar-refractivity contribution in [1.29, 1.82) is 0 Å². The van der Waals surface area contributed by atoms with Crippen molar-refractivity contribution in [3.05, 3.63) is 23.8 Å². The maximum atomic E-state index is 9.47. The average Bonchev–Trinajstić information content (AvgIpc) is 2.51. The van der Waals surface area contributed by atoms with E-state index < -0.39 is 6.10 Å². The summed E-state index contributed by atoms with van der Waals surface area (Å²) in [4.78, 5) is 0. The molecule has 0 radical (unpaired) electrons. The molecule has 0 unspecified atom stereocenters. The quantitative estimate of drug-likeness (QED) is 0.852. The van der Waals surface area contributed by atoms with Gasteiger partial charge >= 0.3 is 0 Å². The summed E-state index contributed by atoms with van der Waals surface area (Å²) < 4.78 is 11.0. The molecule has 4 nitrogen and oxygen atoms in total. The summed E-state index contributed by atoms with van der Waals surface area (Å²) >= 11 is 0. The fraction of sp³-hybridized carbons (Fsp3) is 0.571. The van der Waals surface area contributed by atoms with Gasteiger partial charge in [0, 0.05) is 6.54 Å². The van der Waals surface area contributed by atoms with E-state index in [9.17, 15) is 5.11 Å². The number of aliphatic hydroxyl groups excluding tert-OH is 1. The molecule has 0 bridgehead atoms. The molecule has 0 fully saturated rings. The zero-order valence-electron chi connectivity index (χ0n) is 11.0. The lowest BCUT2D eigenvalue weighted by Gasteiger charge is -2.11. The van der Waals surface area contributed by atoms with Crippen LogP contribution in [0.4, 0.5) is 0 Å². The smallest absolute Gasteiger partial charge is 0.161 e. The van der Waals surface area contributed by atoms with Gasteiger partial charge in [0.15, 0.2) is 11.5 Å². The number of aliphatic hydroxyl groups is 1. The summed E-state index contributed by atoms with van der Waals surface area (Å²) in [5.41, 5.74) is 1.16. The van der Waals surface area contributed by atoms with E-state index in [1.165, 1.54) is 0 Å². The molecule has 1 aliphatic heterocycles. The molecule has 1 aliphatic rings. The second-order valence-corrected chi connectivity index (χ2v) is 5.08. The van der Waals surface area contributed by atoms with E-state index in [1.807, 2.05) is 18.2 Å². The zero-order valence-corrected chi connectivity index (χ0v) is 11.0. The zero-order chi connectivity index (χ0) is 13.0. The SMILES string of the molecule is CC(C)CNCc1ccc2c(c1)OC[C@@H](O)CO2. The van der Waals surface area contributed by atoms with Crippen LogP contribution in [0.25, 0.3) is 0 Å². The van der Waals surface area contributed by atoms with Gasteiger partial charge in [-0.2, -0.15) is 0 Å². The molecule has 1 aromatic rings. The van der Waals surface area contributed by atoms with Crippen molar-refractivity contribution in [2.75, 3.05) is 19.8 Å². The summed E-state index contributed by atoms with van der Waals surface area (Å²) in [6, 6.07) is 5.90. The Morgan fingerprint density at radius 2 is 2.00 bits per heavy atom. The number of benzene rings is 1. The van der Waals surface area contributed by atoms with Crippen LogP contribution in [0.15, 0.2) is 18.2 Å². The van der Waals surface area contributed by atoms with Gasteiger partial charge in [-0.25, -0.2) is 0 Å². The molecule has 0 spiro atoms. The highest BCUT2D eigenvalue weighted by atomic mass is 16.5. The van der Waals surface area contributed by atoms with Gasteiger partial charge in [0.1, 0.15) is 19.3 Å². The predicted molar refractivity (Wildman–Crippen MR) is 70.0 cm³/mol. The van der Waals surface area contributed by atoms with Gasteiger partial charge in [-0.05, 0) is 30.2 Å². The van der Waals surface area contributed by atoms with Crippen LogP contribution in [0.2, 0.25) is 0 Å². The van der Waals surface area contributed by atoms with Crippen molar-refractivity contribution in [3.63, 3.8) is 0 Å². The maximum Gasteiger partial charge on any atom is 0.161 e. The lowest BCUT2D eigenvalue weighted by Crippen LogP contribution is -2.22. The second-order valence-electron chi connectivity index (χ2n) is 5.08. The van der Waals surface area contributed by atoms with E-state index in [4.69, 9.17) is 9.47 Å². The van der Waals surface area contributed by atoms with Gasteiger partial charge in [0.05, 0.1) is 0 Å². The lowest BCUT2D eigenvalue weighted by molar-refractivity contribution is 0.0802. The first kappa shape index (κ1) is 13.2. The molecular weight excluding hydrogens is 230 g/mol. The van der Waals surface area contributed by atoms with Crippen LogP contribution >= 0.6 is 0 Å². The number of rotatable bonds is 4. The van der Waals surface area contributed by atoms with E-state index in [2.05, 4.69) is 19.2 Å². The topological polar surface area (TPSA) is 50.7 Å². The van der Waals surface area contributed by atoms with Gasteiger partial charge in [-0.1, -0.05) is 19.9 Å². The molecule has 1 heterocycles. The van der Waals surface area contributed by atoms with Crippen LogP contribution in [0, 0.1) is 5.92 Å². The Labute approximate surface area is 108 Å². The van der Waals surface area contributed by atoms with Gasteiger partial charge < -0.3 is 19.9 Å². The molecule has 2 N–H and O–H groups in total. The van der Waals surface area contributed by atoms with Crippen LogP contribution < -0.4 is 14.8 Å². The molecule has 4 heteroatoms. The van der Waals surface area contributed by atoms with Crippen LogP contribution in [0.5, 0.6) is 11.5 Å². The predicted octanol–water partition coefficient (Wildman–Crippen LogP) is 1.56. The molecule has 1 atom stereocenters. The molecule has 0 saturated carbocycles. The molecule has 1 aromatic carbocycles. The average molecular weight is 251 g/mol. The summed E-state index contributed by atoms with van der Waals surface area (Å²) in [6.07, 6.45) is -0.556. The number of hydrogen-bond donors (Lipinski definition) is 2. The monoisotopic (exact) mass is 251 g/mol. The second kappa shape index (κ2) is 6.07. The van der Waals surface area contributed by atoms with Crippen molar-refractivity contribution in [3.8, 4) is 11.5 Å². The van der Waals surface area contributed by atoms with Crippen molar-refractivity contribution in [2.45, 2.75) is 26.5 Å². The number of nitrogens with one attached hydrogen (secondary N) is 1. The standard InChI is InChI=1S/C14H21NO3/c1-10(2)6-15-7-11-3-4-13-14(5-11)18-9-12(16)8-17-13/h3-5,10,12,15-16H,6-9H2,1-2H3/t12-/m0/s1. The Hall–Kier alpha value is -1.26. The number of hydrogen-bond acceptors (Lipinski definition) is 4. The first-order valence-corrected chi connectivity index (χ1v) is 6.42. The largest absolute Gasteiger partial charge is 0.487 e. The molecule has 18 heavy (non-hydrogen) atoms. The fourth-order valence-corrected chi connectivity index (χ4v) is 1.82. The van der Waals surface area contributed by atoms with Gasteiger partial charge in [-0.15, -0.1) is 0 Å². The highest BCUT2D eigenvalue weighted by Crippen LogP contribution is 2.30. The molecule has 2 rings (SSSR count). The highest BCUT2D eigenvalue weighted by molar-refractivity contribution is 5.43. The summed E-state index contributed by atoms with van der Waals surface area (Å²) in [5.74, 6) is 2.06. The van der Waals surface area contributed by atoms with Gasteiger partial charge in [-0.3, -0.25) is 0 Å². The van der Waals surface area contributed by atoms with Gasteiger partial charge in [0.2, 0.25) is 0 Å². The fourth-order valence-electron chi connectivity index (χ4n) is 1.82. The van der Waals surface area contributed by atoms with Crippen LogP contribution in [-0.2, 0) is 6.54 Å². The minimum absolute atomic E-state index is 0.288. The molecule has 100 valence electrons. The molecule has 0 aliphatic carbocycles. The van der Waals surface area contributed by atoms with Crippen LogP contribution in [-0.4, -0.2) is 31.0 Å². The molecular formula is C14H21NO3. The number of ether oxygens (including phenoxy) is 2. The Morgan fingerprint density at radius 1 is 1.28 bits per heavy atom. The Bertz CT molecular complexity index is 393. The molecule has 0 saturated heterocycles. The minimum atomic E-state index is -0.556. The van der Waals surface area contributed by atoms with E-state index in [-0.39, 0.29) is 13.2 Å². The van der Waals surface area contributed by atoms with Gasteiger partial charge in [0.25, 0.3) is 0 Å². The van der Waals surface area contributed by atoms with E-state index in [1.54, 1.807) is 0 Å². The first-order chi connectivity index (χ1) is 8.65. The molecule has 0 amide bonds. The maximum absolute atomic E-state index is 9.47. The minimum Gasteiger partial charge on any atom is -0.487 e. The summed E-state index contributed by atoms with van der Waals surface area (Å²) in [5, 5.41) is 12.9. The summed E-state index contributed by atoms with van der Waals surface area (Å²) in [7, 11) is 0. The van der Waals surface area contributed by atoms with E-state index in [0.29, 0.717) is 11.7 Å². The first-order valence-electron chi connectivity index (χ1n) is 6.42. The van der Waals surface area contributed by atoms with Crippen LogP contribution in [0.3, 0.4) is 0 Å². The Morgan fingerprint density at radius 3 is 2.72 bits per heavy atom. The normalized spacial score (nSPS) is 18.8.